The second kappa shape index (κ2) is 6.06. The summed E-state index contributed by atoms with van der Waals surface area (Å²) >= 11 is 1.92. The summed E-state index contributed by atoms with van der Waals surface area (Å²) in [4.78, 5) is 2.90. The summed E-state index contributed by atoms with van der Waals surface area (Å²) in [6.07, 6.45) is 2.23. The van der Waals surface area contributed by atoms with E-state index in [1.54, 1.807) is 6.07 Å². The number of hydrogen-bond acceptors (Lipinski definition) is 2. The van der Waals surface area contributed by atoms with Crippen LogP contribution in [0.2, 0.25) is 0 Å². The predicted molar refractivity (Wildman–Crippen MR) is 83.1 cm³/mol. The molecule has 20 heavy (non-hydrogen) atoms. The van der Waals surface area contributed by atoms with E-state index in [9.17, 15) is 4.39 Å². The van der Waals surface area contributed by atoms with Crippen LogP contribution >= 0.6 is 11.3 Å². The first-order valence-corrected chi connectivity index (χ1v) is 8.14. The summed E-state index contributed by atoms with van der Waals surface area (Å²) in [5.74, 6) is 0.762. The summed E-state index contributed by atoms with van der Waals surface area (Å²) in [5, 5.41) is 3.46. The second-order valence-corrected chi connectivity index (χ2v) is 6.62. The third-order valence-corrected chi connectivity index (χ3v) is 5.52. The molecule has 106 valence electrons. The van der Waals surface area contributed by atoms with Gasteiger partial charge in [-0.2, -0.15) is 0 Å². The number of piperidine rings is 1. The molecule has 2 heterocycles. The normalized spacial score (nSPS) is 22.9. The van der Waals surface area contributed by atoms with Gasteiger partial charge in [0.2, 0.25) is 0 Å². The molecular formula is C17H20FNS. The summed E-state index contributed by atoms with van der Waals surface area (Å²) in [7, 11) is 0. The Labute approximate surface area is 123 Å². The molecule has 3 heteroatoms. The maximum Gasteiger partial charge on any atom is 0.123 e. The molecule has 1 aromatic carbocycles. The van der Waals surface area contributed by atoms with Gasteiger partial charge in [0.25, 0.3) is 0 Å². The topological polar surface area (TPSA) is 12.0 Å². The molecule has 0 aliphatic carbocycles. The number of thiophene rings is 1. The van der Waals surface area contributed by atoms with Crippen molar-refractivity contribution in [3.63, 3.8) is 0 Å². The van der Waals surface area contributed by atoms with Gasteiger partial charge in [0.05, 0.1) is 0 Å². The highest BCUT2D eigenvalue weighted by Gasteiger charge is 2.28. The van der Waals surface area contributed by atoms with Gasteiger partial charge in [-0.25, -0.2) is 4.39 Å². The monoisotopic (exact) mass is 289 g/mol. The van der Waals surface area contributed by atoms with Gasteiger partial charge in [-0.15, -0.1) is 11.3 Å². The predicted octanol–water partition coefficient (Wildman–Crippen LogP) is 4.31. The molecule has 2 aromatic rings. The number of benzene rings is 1. The van der Waals surface area contributed by atoms with Crippen LogP contribution in [0.25, 0.3) is 0 Å². The quantitative estimate of drug-likeness (QED) is 0.888. The maximum atomic E-state index is 13.5. The van der Waals surface area contributed by atoms with Crippen molar-refractivity contribution in [3.05, 3.63) is 57.5 Å². The molecular weight excluding hydrogens is 269 g/mol. The molecule has 0 spiro atoms. The van der Waals surface area contributed by atoms with Crippen LogP contribution in [0.3, 0.4) is 0 Å². The third kappa shape index (κ3) is 2.79. The highest BCUT2D eigenvalue weighted by molar-refractivity contribution is 7.12. The van der Waals surface area contributed by atoms with Crippen LogP contribution in [-0.4, -0.2) is 13.1 Å². The Bertz CT molecular complexity index is 578. The summed E-state index contributed by atoms with van der Waals surface area (Å²) < 4.78 is 13.5. The van der Waals surface area contributed by atoms with Gasteiger partial charge < -0.3 is 5.32 Å². The minimum Gasteiger partial charge on any atom is -0.316 e. The first-order valence-electron chi connectivity index (χ1n) is 7.32. The first kappa shape index (κ1) is 13.8. The third-order valence-electron chi connectivity index (χ3n) is 4.16. The van der Waals surface area contributed by atoms with Gasteiger partial charge >= 0.3 is 0 Å². The van der Waals surface area contributed by atoms with Crippen LogP contribution < -0.4 is 5.32 Å². The molecule has 1 saturated heterocycles. The molecule has 1 N–H and O–H groups in total. The van der Waals surface area contributed by atoms with Crippen LogP contribution in [0.1, 0.15) is 40.5 Å². The minimum absolute atomic E-state index is 0.132. The van der Waals surface area contributed by atoms with Crippen LogP contribution in [0.4, 0.5) is 4.39 Å². The van der Waals surface area contributed by atoms with Crippen LogP contribution in [0, 0.1) is 5.82 Å². The van der Waals surface area contributed by atoms with Crippen molar-refractivity contribution in [1.82, 2.24) is 5.32 Å². The van der Waals surface area contributed by atoms with Gasteiger partial charge in [0.1, 0.15) is 5.82 Å². The van der Waals surface area contributed by atoms with Gasteiger partial charge in [-0.05, 0) is 49.2 Å². The van der Waals surface area contributed by atoms with Crippen LogP contribution in [0.15, 0.2) is 36.4 Å². The maximum absolute atomic E-state index is 13.5. The molecule has 2 unspecified atom stereocenters. The minimum atomic E-state index is -0.132. The van der Waals surface area contributed by atoms with Gasteiger partial charge in [0.15, 0.2) is 0 Å². The molecule has 1 aliphatic rings. The fourth-order valence-electron chi connectivity index (χ4n) is 3.07. The first-order chi connectivity index (χ1) is 9.78. The van der Waals surface area contributed by atoms with Crippen LogP contribution in [-0.2, 0) is 6.42 Å². The number of rotatable bonds is 3. The Morgan fingerprint density at radius 1 is 1.25 bits per heavy atom. The van der Waals surface area contributed by atoms with Crippen molar-refractivity contribution < 1.29 is 4.39 Å². The molecule has 0 bridgehead atoms. The molecule has 0 amide bonds. The van der Waals surface area contributed by atoms with Crippen molar-refractivity contribution in [2.45, 2.75) is 31.6 Å². The summed E-state index contributed by atoms with van der Waals surface area (Å²) in [5.41, 5.74) is 1.12. The van der Waals surface area contributed by atoms with Crippen molar-refractivity contribution in [2.24, 2.45) is 0 Å². The van der Waals surface area contributed by atoms with Crippen molar-refractivity contribution in [3.8, 4) is 0 Å². The van der Waals surface area contributed by atoms with E-state index in [0.29, 0.717) is 11.8 Å². The zero-order valence-electron chi connectivity index (χ0n) is 11.7. The lowest BCUT2D eigenvalue weighted by atomic mass is 9.80. The standard InChI is InChI=1S/C17H20FNS/c1-2-14-6-7-17(20-14)15-8-9-19-11-16(15)12-4-3-5-13(18)10-12/h3-7,10,15-16,19H,2,8-9,11H2,1H3. The van der Waals surface area contributed by atoms with Crippen molar-refractivity contribution >= 4 is 11.3 Å². The lowest BCUT2D eigenvalue weighted by Crippen LogP contribution is -2.33. The lowest BCUT2D eigenvalue weighted by Gasteiger charge is -2.32. The number of halogens is 1. The summed E-state index contributed by atoms with van der Waals surface area (Å²) in [6.45, 7) is 4.19. The van der Waals surface area contributed by atoms with E-state index in [2.05, 4.69) is 30.4 Å². The zero-order chi connectivity index (χ0) is 13.9. The fourth-order valence-corrected chi connectivity index (χ4v) is 4.22. The van der Waals surface area contributed by atoms with Crippen LogP contribution in [0.5, 0.6) is 0 Å². The summed E-state index contributed by atoms with van der Waals surface area (Å²) in [6, 6.07) is 11.6. The average Bonchev–Trinajstić information content (AvgIpc) is 2.96. The van der Waals surface area contributed by atoms with Crippen molar-refractivity contribution in [1.29, 1.82) is 0 Å². The molecule has 3 rings (SSSR count). The highest BCUT2D eigenvalue weighted by atomic mass is 32.1. The zero-order valence-corrected chi connectivity index (χ0v) is 12.5. The van der Waals surface area contributed by atoms with E-state index in [-0.39, 0.29) is 5.82 Å². The Kier molecular flexibility index (Phi) is 4.18. The van der Waals surface area contributed by atoms with E-state index in [0.717, 1.165) is 31.5 Å². The van der Waals surface area contributed by atoms with Gasteiger partial charge in [-0.1, -0.05) is 19.1 Å². The van der Waals surface area contributed by atoms with Gasteiger partial charge in [0, 0.05) is 28.1 Å². The lowest BCUT2D eigenvalue weighted by molar-refractivity contribution is 0.407. The Morgan fingerprint density at radius 3 is 2.90 bits per heavy atom. The van der Waals surface area contributed by atoms with E-state index in [1.165, 1.54) is 15.8 Å². The molecule has 0 saturated carbocycles. The molecule has 2 atom stereocenters. The number of nitrogens with one attached hydrogen (secondary N) is 1. The highest BCUT2D eigenvalue weighted by Crippen LogP contribution is 2.40. The molecule has 1 aliphatic heterocycles. The number of aryl methyl sites for hydroxylation is 1. The van der Waals surface area contributed by atoms with E-state index in [4.69, 9.17) is 0 Å². The van der Waals surface area contributed by atoms with E-state index < -0.39 is 0 Å². The fraction of sp³-hybridized carbons (Fsp3) is 0.412. The molecule has 1 aromatic heterocycles. The second-order valence-electron chi connectivity index (χ2n) is 5.42. The Hall–Kier alpha value is -1.19. The number of hydrogen-bond donors (Lipinski definition) is 1. The smallest absolute Gasteiger partial charge is 0.123 e. The van der Waals surface area contributed by atoms with Crippen molar-refractivity contribution in [2.75, 3.05) is 13.1 Å². The van der Waals surface area contributed by atoms with Gasteiger partial charge in [-0.3, -0.25) is 0 Å². The SMILES string of the molecule is CCc1ccc(C2CCNCC2c2cccc(F)c2)s1. The van der Waals surface area contributed by atoms with E-state index >= 15 is 0 Å². The Morgan fingerprint density at radius 2 is 2.15 bits per heavy atom. The average molecular weight is 289 g/mol. The van der Waals surface area contributed by atoms with E-state index in [1.807, 2.05) is 17.4 Å². The Balaban J connectivity index is 1.90. The molecule has 0 radical (unpaired) electrons. The molecule has 1 fully saturated rings. The molecule has 1 nitrogen and oxygen atoms in total. The largest absolute Gasteiger partial charge is 0.316 e.